The summed E-state index contributed by atoms with van der Waals surface area (Å²) in [6.45, 7) is 5.13. The summed E-state index contributed by atoms with van der Waals surface area (Å²) in [4.78, 5) is 23.5. The molecule has 0 aliphatic rings. The number of anilines is 1. The highest BCUT2D eigenvalue weighted by Gasteiger charge is 2.15. The Morgan fingerprint density at radius 2 is 1.82 bits per heavy atom. The molecule has 4 nitrogen and oxygen atoms in total. The van der Waals surface area contributed by atoms with Crippen molar-refractivity contribution in [3.8, 4) is 5.75 Å². The van der Waals surface area contributed by atoms with Crippen LogP contribution in [0.25, 0.3) is 0 Å². The molecule has 2 aromatic carbocycles. The quantitative estimate of drug-likeness (QED) is 0.858. The molecule has 0 aliphatic heterocycles. The molecule has 0 aliphatic carbocycles. The lowest BCUT2D eigenvalue weighted by Gasteiger charge is -2.15. The van der Waals surface area contributed by atoms with Crippen LogP contribution < -0.4 is 10.1 Å². The first-order chi connectivity index (χ1) is 10.5. The van der Waals surface area contributed by atoms with Gasteiger partial charge in [-0.2, -0.15) is 0 Å². The maximum atomic E-state index is 12.1. The van der Waals surface area contributed by atoms with E-state index in [1.165, 1.54) is 6.92 Å². The molecule has 114 valence electrons. The summed E-state index contributed by atoms with van der Waals surface area (Å²) < 4.78 is 5.61. The molecule has 0 fully saturated rings. The Bertz CT molecular complexity index is 694. The van der Waals surface area contributed by atoms with Gasteiger partial charge in [0.05, 0.1) is 0 Å². The first kappa shape index (κ1) is 15.8. The first-order valence-electron chi connectivity index (χ1n) is 7.11. The van der Waals surface area contributed by atoms with E-state index in [-0.39, 0.29) is 11.7 Å². The largest absolute Gasteiger partial charge is 0.481 e. The molecule has 0 heterocycles. The minimum absolute atomic E-state index is 0.0395. The predicted octanol–water partition coefficient (Wildman–Crippen LogP) is 3.60. The Labute approximate surface area is 130 Å². The summed E-state index contributed by atoms with van der Waals surface area (Å²) in [7, 11) is 0. The number of hydrogen-bond acceptors (Lipinski definition) is 3. The molecule has 0 saturated heterocycles. The number of Topliss-reactive ketones (excluding diaryl/α,β-unsaturated/α-hetero) is 1. The van der Waals surface area contributed by atoms with E-state index in [0.717, 1.165) is 11.3 Å². The highest BCUT2D eigenvalue weighted by molar-refractivity contribution is 5.95. The molecule has 1 atom stereocenters. The van der Waals surface area contributed by atoms with Gasteiger partial charge in [-0.1, -0.05) is 24.3 Å². The maximum absolute atomic E-state index is 12.1. The van der Waals surface area contributed by atoms with Gasteiger partial charge in [-0.25, -0.2) is 0 Å². The van der Waals surface area contributed by atoms with E-state index in [2.05, 4.69) is 5.32 Å². The van der Waals surface area contributed by atoms with Crippen molar-refractivity contribution in [2.24, 2.45) is 0 Å². The van der Waals surface area contributed by atoms with E-state index in [1.807, 2.05) is 31.2 Å². The zero-order valence-electron chi connectivity index (χ0n) is 12.9. The number of nitrogens with one attached hydrogen (secondary N) is 1. The topological polar surface area (TPSA) is 55.4 Å². The molecule has 0 radical (unpaired) electrons. The van der Waals surface area contributed by atoms with E-state index in [0.29, 0.717) is 11.3 Å². The molecule has 2 rings (SSSR count). The summed E-state index contributed by atoms with van der Waals surface area (Å²) in [6.07, 6.45) is -0.664. The summed E-state index contributed by atoms with van der Waals surface area (Å²) in [6, 6.07) is 14.4. The van der Waals surface area contributed by atoms with E-state index in [1.54, 1.807) is 31.2 Å². The average molecular weight is 297 g/mol. The molecule has 0 bridgehead atoms. The Morgan fingerprint density at radius 1 is 1.09 bits per heavy atom. The minimum atomic E-state index is -0.664. The number of ether oxygens (including phenoxy) is 1. The molecular formula is C18H19NO3. The van der Waals surface area contributed by atoms with E-state index in [4.69, 9.17) is 4.74 Å². The number of carbonyl (C=O) groups is 2. The van der Waals surface area contributed by atoms with E-state index < -0.39 is 6.10 Å². The molecule has 22 heavy (non-hydrogen) atoms. The minimum Gasteiger partial charge on any atom is -0.481 e. The highest BCUT2D eigenvalue weighted by atomic mass is 16.5. The number of hydrogen-bond donors (Lipinski definition) is 1. The van der Waals surface area contributed by atoms with Gasteiger partial charge in [0.1, 0.15) is 5.75 Å². The smallest absolute Gasteiger partial charge is 0.265 e. The molecule has 0 spiro atoms. The third-order valence-corrected chi connectivity index (χ3v) is 3.21. The van der Waals surface area contributed by atoms with Crippen molar-refractivity contribution >= 4 is 17.4 Å². The SMILES string of the molecule is CC(=O)c1cccc(OC(C)C(=O)Nc2cccc(C)c2)c1. The van der Waals surface area contributed by atoms with Gasteiger partial charge in [-0.05, 0) is 50.6 Å². The van der Waals surface area contributed by atoms with Gasteiger partial charge in [0.2, 0.25) is 0 Å². The monoisotopic (exact) mass is 297 g/mol. The second kappa shape index (κ2) is 6.89. The summed E-state index contributed by atoms with van der Waals surface area (Å²) >= 11 is 0. The van der Waals surface area contributed by atoms with Gasteiger partial charge in [0.25, 0.3) is 5.91 Å². The van der Waals surface area contributed by atoms with Crippen molar-refractivity contribution in [3.05, 3.63) is 59.7 Å². The Balaban J connectivity index is 2.02. The number of aryl methyl sites for hydroxylation is 1. The Hall–Kier alpha value is -2.62. The first-order valence-corrected chi connectivity index (χ1v) is 7.11. The van der Waals surface area contributed by atoms with Crippen LogP contribution in [0.4, 0.5) is 5.69 Å². The van der Waals surface area contributed by atoms with Gasteiger partial charge in [-0.15, -0.1) is 0 Å². The average Bonchev–Trinajstić information content (AvgIpc) is 2.47. The maximum Gasteiger partial charge on any atom is 0.265 e. The number of ketones is 1. The summed E-state index contributed by atoms with van der Waals surface area (Å²) in [5, 5.41) is 2.81. The molecule has 1 N–H and O–H groups in total. The van der Waals surface area contributed by atoms with Gasteiger partial charge in [0, 0.05) is 11.3 Å². The molecule has 2 aromatic rings. The lowest BCUT2D eigenvalue weighted by Crippen LogP contribution is -2.30. The summed E-state index contributed by atoms with van der Waals surface area (Å²) in [5.74, 6) is 0.223. The third kappa shape index (κ3) is 4.19. The van der Waals surface area contributed by atoms with Crippen LogP contribution in [0.15, 0.2) is 48.5 Å². The van der Waals surface area contributed by atoms with Crippen molar-refractivity contribution in [1.82, 2.24) is 0 Å². The fraction of sp³-hybridized carbons (Fsp3) is 0.222. The Morgan fingerprint density at radius 3 is 2.50 bits per heavy atom. The fourth-order valence-corrected chi connectivity index (χ4v) is 2.01. The molecule has 1 amide bonds. The van der Waals surface area contributed by atoms with Crippen LogP contribution in [0.1, 0.15) is 29.8 Å². The number of carbonyl (C=O) groups excluding carboxylic acids is 2. The molecule has 4 heteroatoms. The summed E-state index contributed by atoms with van der Waals surface area (Å²) in [5.41, 5.74) is 2.36. The van der Waals surface area contributed by atoms with Crippen LogP contribution in [0, 0.1) is 6.92 Å². The van der Waals surface area contributed by atoms with Crippen molar-refractivity contribution in [2.45, 2.75) is 26.9 Å². The van der Waals surface area contributed by atoms with Crippen LogP contribution in [0.5, 0.6) is 5.75 Å². The molecule has 1 unspecified atom stereocenters. The van der Waals surface area contributed by atoms with Crippen LogP contribution >= 0.6 is 0 Å². The fourth-order valence-electron chi connectivity index (χ4n) is 2.01. The lowest BCUT2D eigenvalue weighted by atomic mass is 10.1. The Kier molecular flexibility index (Phi) is 4.94. The zero-order chi connectivity index (χ0) is 16.1. The molecule has 0 aromatic heterocycles. The standard InChI is InChI=1S/C18H19NO3/c1-12-6-4-8-16(10-12)19-18(21)14(3)22-17-9-5-7-15(11-17)13(2)20/h4-11,14H,1-3H3,(H,19,21). The normalized spacial score (nSPS) is 11.6. The van der Waals surface area contributed by atoms with Gasteiger partial charge in [0.15, 0.2) is 11.9 Å². The van der Waals surface area contributed by atoms with Gasteiger partial charge in [-0.3, -0.25) is 9.59 Å². The molecule has 0 saturated carbocycles. The van der Waals surface area contributed by atoms with Crippen LogP contribution in [0.2, 0.25) is 0 Å². The zero-order valence-corrected chi connectivity index (χ0v) is 12.9. The lowest BCUT2D eigenvalue weighted by molar-refractivity contribution is -0.122. The predicted molar refractivity (Wildman–Crippen MR) is 86.3 cm³/mol. The number of benzene rings is 2. The third-order valence-electron chi connectivity index (χ3n) is 3.21. The van der Waals surface area contributed by atoms with Crippen molar-refractivity contribution in [1.29, 1.82) is 0 Å². The van der Waals surface area contributed by atoms with Crippen molar-refractivity contribution in [3.63, 3.8) is 0 Å². The van der Waals surface area contributed by atoms with Crippen molar-refractivity contribution < 1.29 is 14.3 Å². The van der Waals surface area contributed by atoms with E-state index >= 15 is 0 Å². The van der Waals surface area contributed by atoms with Crippen LogP contribution in [-0.4, -0.2) is 17.8 Å². The highest BCUT2D eigenvalue weighted by Crippen LogP contribution is 2.16. The van der Waals surface area contributed by atoms with Crippen LogP contribution in [-0.2, 0) is 4.79 Å². The van der Waals surface area contributed by atoms with Gasteiger partial charge >= 0.3 is 0 Å². The number of amides is 1. The molecular weight excluding hydrogens is 278 g/mol. The number of rotatable bonds is 5. The van der Waals surface area contributed by atoms with E-state index in [9.17, 15) is 9.59 Å². The second-order valence-electron chi connectivity index (χ2n) is 5.20. The second-order valence-corrected chi connectivity index (χ2v) is 5.20. The van der Waals surface area contributed by atoms with Crippen molar-refractivity contribution in [2.75, 3.05) is 5.32 Å². The van der Waals surface area contributed by atoms with Crippen LogP contribution in [0.3, 0.4) is 0 Å². The van der Waals surface area contributed by atoms with Gasteiger partial charge < -0.3 is 10.1 Å².